The van der Waals surface area contributed by atoms with E-state index in [2.05, 4.69) is 31.4 Å². The smallest absolute Gasteiger partial charge is 0.408 e. The minimum atomic E-state index is -0.903. The lowest BCUT2D eigenvalue weighted by Crippen LogP contribution is -2.54. The van der Waals surface area contributed by atoms with Crippen LogP contribution in [0.3, 0.4) is 0 Å². The lowest BCUT2D eigenvalue weighted by atomic mass is 9.98. The molecule has 2 unspecified atom stereocenters. The Balaban J connectivity index is 2.52. The Kier molecular flexibility index (Phi) is 14.4. The number of hydrogen-bond acceptors (Lipinski definition) is 4. The van der Waals surface area contributed by atoms with E-state index in [9.17, 15) is 14.4 Å². The minimum Gasteiger partial charge on any atom is -0.444 e. The first kappa shape index (κ1) is 33.9. The molecular formula is C34H51N3O4. The normalized spacial score (nSPS) is 12.7. The molecule has 0 spiro atoms. The minimum absolute atomic E-state index is 0.206. The van der Waals surface area contributed by atoms with Crippen LogP contribution in [0.2, 0.25) is 0 Å². The second-order valence-electron chi connectivity index (χ2n) is 11.6. The van der Waals surface area contributed by atoms with Gasteiger partial charge in [0.1, 0.15) is 17.7 Å². The highest BCUT2D eigenvalue weighted by atomic mass is 16.6. The maximum absolute atomic E-state index is 14.5. The van der Waals surface area contributed by atoms with Crippen molar-refractivity contribution >= 4 is 17.9 Å². The molecule has 0 aliphatic heterocycles. The molecule has 0 saturated heterocycles. The van der Waals surface area contributed by atoms with Gasteiger partial charge in [-0.2, -0.15) is 0 Å². The average Bonchev–Trinajstić information content (AvgIpc) is 2.94. The molecule has 2 rings (SSSR count). The summed E-state index contributed by atoms with van der Waals surface area (Å²) in [6.45, 7) is 12.6. The lowest BCUT2D eigenvalue weighted by Gasteiger charge is -2.35. The number of nitrogens with zero attached hydrogens (tertiary/aromatic N) is 1. The van der Waals surface area contributed by atoms with Gasteiger partial charge >= 0.3 is 6.09 Å². The Labute approximate surface area is 247 Å². The van der Waals surface area contributed by atoms with E-state index in [0.717, 1.165) is 61.6 Å². The van der Waals surface area contributed by atoms with Crippen molar-refractivity contribution in [3.8, 4) is 0 Å². The molecule has 0 aliphatic rings. The summed E-state index contributed by atoms with van der Waals surface area (Å²) in [5.74, 6) is -0.506. The zero-order chi connectivity index (χ0) is 30.3. The first-order valence-electron chi connectivity index (χ1n) is 15.3. The molecular weight excluding hydrogens is 514 g/mol. The van der Waals surface area contributed by atoms with Gasteiger partial charge in [-0.3, -0.25) is 9.59 Å². The van der Waals surface area contributed by atoms with Gasteiger partial charge in [0, 0.05) is 19.5 Å². The number of benzene rings is 2. The van der Waals surface area contributed by atoms with Gasteiger partial charge < -0.3 is 20.3 Å². The molecule has 7 heteroatoms. The monoisotopic (exact) mass is 565 g/mol. The predicted molar refractivity (Wildman–Crippen MR) is 166 cm³/mol. The fraction of sp³-hybridized carbons (Fsp3) is 0.559. The lowest BCUT2D eigenvalue weighted by molar-refractivity contribution is -0.142. The van der Waals surface area contributed by atoms with Gasteiger partial charge in [0.25, 0.3) is 0 Å². The molecule has 226 valence electrons. The van der Waals surface area contributed by atoms with Crippen LogP contribution < -0.4 is 10.6 Å². The summed E-state index contributed by atoms with van der Waals surface area (Å²) >= 11 is 0. The van der Waals surface area contributed by atoms with E-state index in [0.29, 0.717) is 13.1 Å². The number of carbonyl (C=O) groups is 3. The van der Waals surface area contributed by atoms with Crippen LogP contribution in [0.1, 0.15) is 103 Å². The number of amides is 3. The molecule has 0 aromatic heterocycles. The summed E-state index contributed by atoms with van der Waals surface area (Å²) in [6.07, 6.45) is 6.12. The van der Waals surface area contributed by atoms with Crippen LogP contribution in [0, 0.1) is 0 Å². The quantitative estimate of drug-likeness (QED) is 0.220. The number of rotatable bonds is 16. The average molecular weight is 566 g/mol. The zero-order valence-corrected chi connectivity index (χ0v) is 26.0. The molecule has 2 aromatic rings. The van der Waals surface area contributed by atoms with Crippen molar-refractivity contribution in [3.63, 3.8) is 0 Å². The van der Waals surface area contributed by atoms with Gasteiger partial charge in [-0.05, 0) is 56.7 Å². The molecule has 0 fully saturated rings. The zero-order valence-electron chi connectivity index (χ0n) is 26.0. The Morgan fingerprint density at radius 2 is 1.49 bits per heavy atom. The van der Waals surface area contributed by atoms with E-state index in [1.807, 2.05) is 54.6 Å². The van der Waals surface area contributed by atoms with E-state index >= 15 is 0 Å². The van der Waals surface area contributed by atoms with Gasteiger partial charge in [-0.15, -0.1) is 0 Å². The van der Waals surface area contributed by atoms with Gasteiger partial charge in [0.15, 0.2) is 0 Å². The van der Waals surface area contributed by atoms with E-state index in [1.165, 1.54) is 0 Å². The number of carbonyl (C=O) groups excluding carboxylic acids is 3. The third-order valence-corrected chi connectivity index (χ3v) is 6.90. The summed E-state index contributed by atoms with van der Waals surface area (Å²) < 4.78 is 5.53. The molecule has 2 atom stereocenters. The molecule has 0 aliphatic carbocycles. The van der Waals surface area contributed by atoms with Crippen molar-refractivity contribution < 1.29 is 19.1 Å². The maximum Gasteiger partial charge on any atom is 0.408 e. The van der Waals surface area contributed by atoms with Crippen LogP contribution in [-0.2, 0) is 27.2 Å². The fourth-order valence-electron chi connectivity index (χ4n) is 4.67. The van der Waals surface area contributed by atoms with Crippen LogP contribution in [0.4, 0.5) is 4.79 Å². The van der Waals surface area contributed by atoms with Crippen molar-refractivity contribution in [3.05, 3.63) is 71.3 Å². The Hall–Kier alpha value is -3.35. The molecule has 0 saturated carbocycles. The third-order valence-electron chi connectivity index (χ3n) is 6.90. The van der Waals surface area contributed by atoms with E-state index in [4.69, 9.17) is 4.74 Å². The van der Waals surface area contributed by atoms with Crippen molar-refractivity contribution in [2.75, 3.05) is 13.1 Å². The van der Waals surface area contributed by atoms with Crippen molar-refractivity contribution in [2.45, 2.75) is 111 Å². The number of hydrogen-bond donors (Lipinski definition) is 2. The van der Waals surface area contributed by atoms with Crippen LogP contribution in [0.15, 0.2) is 54.6 Å². The summed E-state index contributed by atoms with van der Waals surface area (Å²) in [6, 6.07) is 15.8. The predicted octanol–water partition coefficient (Wildman–Crippen LogP) is 6.75. The summed E-state index contributed by atoms with van der Waals surface area (Å²) in [4.78, 5) is 42.8. The summed E-state index contributed by atoms with van der Waals surface area (Å²) in [7, 11) is 0. The molecule has 0 radical (unpaired) electrons. The summed E-state index contributed by atoms with van der Waals surface area (Å²) in [5, 5.41) is 5.90. The number of nitrogens with one attached hydrogen (secondary N) is 2. The highest BCUT2D eigenvalue weighted by Crippen LogP contribution is 2.25. The van der Waals surface area contributed by atoms with Crippen LogP contribution >= 0.6 is 0 Å². The van der Waals surface area contributed by atoms with Crippen molar-refractivity contribution in [2.24, 2.45) is 0 Å². The van der Waals surface area contributed by atoms with Crippen LogP contribution in [-0.4, -0.2) is 47.5 Å². The van der Waals surface area contributed by atoms with Gasteiger partial charge in [0.2, 0.25) is 11.8 Å². The Morgan fingerprint density at radius 3 is 2.07 bits per heavy atom. The maximum atomic E-state index is 14.5. The number of unbranched alkanes of at least 4 members (excludes halogenated alkanes) is 4. The summed E-state index contributed by atoms with van der Waals surface area (Å²) in [5.41, 5.74) is 2.11. The Morgan fingerprint density at radius 1 is 0.829 bits per heavy atom. The SMILES string of the molecule is CCCCCCN(C(=O)C(Cc1ccccc1)NC(=O)OC(C)(C)C)C(C(=O)NCCCC)c1ccc(CC)cc1. The number of alkyl carbamates (subject to hydrolysis) is 1. The first-order valence-corrected chi connectivity index (χ1v) is 15.3. The Bertz CT molecular complexity index is 1060. The van der Waals surface area contributed by atoms with Gasteiger partial charge in [0.05, 0.1) is 0 Å². The fourth-order valence-corrected chi connectivity index (χ4v) is 4.67. The second kappa shape index (κ2) is 17.5. The highest BCUT2D eigenvalue weighted by molar-refractivity contribution is 5.92. The topological polar surface area (TPSA) is 87.7 Å². The van der Waals surface area contributed by atoms with E-state index < -0.39 is 23.8 Å². The van der Waals surface area contributed by atoms with Crippen molar-refractivity contribution in [1.82, 2.24) is 15.5 Å². The molecule has 0 heterocycles. The molecule has 7 nitrogen and oxygen atoms in total. The van der Waals surface area contributed by atoms with Crippen LogP contribution in [0.5, 0.6) is 0 Å². The van der Waals surface area contributed by atoms with E-state index in [1.54, 1.807) is 25.7 Å². The first-order chi connectivity index (χ1) is 19.6. The molecule has 0 bridgehead atoms. The van der Waals surface area contributed by atoms with Gasteiger partial charge in [-0.25, -0.2) is 4.79 Å². The van der Waals surface area contributed by atoms with Crippen molar-refractivity contribution in [1.29, 1.82) is 0 Å². The number of ether oxygens (including phenoxy) is 1. The van der Waals surface area contributed by atoms with E-state index in [-0.39, 0.29) is 18.2 Å². The molecule has 2 N–H and O–H groups in total. The third kappa shape index (κ3) is 12.0. The van der Waals surface area contributed by atoms with Crippen LogP contribution in [0.25, 0.3) is 0 Å². The standard InChI is InChI=1S/C34H51N3O4/c1-7-10-12-16-24-37(30(31(38)35-23-11-8-2)28-21-19-26(9-3)20-22-28)32(39)29(25-27-17-14-13-15-18-27)36-33(40)41-34(4,5)6/h13-15,17-22,29-30H,7-12,16,23-25H2,1-6H3,(H,35,38)(H,36,40). The molecule has 2 aromatic carbocycles. The molecule has 41 heavy (non-hydrogen) atoms. The molecule has 3 amide bonds. The number of aryl methyl sites for hydroxylation is 1. The second-order valence-corrected chi connectivity index (χ2v) is 11.6. The van der Waals surface area contributed by atoms with Gasteiger partial charge in [-0.1, -0.05) is 101 Å². The highest BCUT2D eigenvalue weighted by Gasteiger charge is 2.36. The largest absolute Gasteiger partial charge is 0.444 e.